The minimum absolute atomic E-state index is 0.656. The quantitative estimate of drug-likeness (QED) is 0.870. The lowest BCUT2D eigenvalue weighted by Crippen LogP contribution is -2.25. The molecule has 1 aliphatic heterocycles. The molecule has 2 rings (SSSR count). The highest BCUT2D eigenvalue weighted by Crippen LogP contribution is 2.22. The smallest absolute Gasteiger partial charge is 0.0367 e. The van der Waals surface area contributed by atoms with Gasteiger partial charge in [0.2, 0.25) is 0 Å². The van der Waals surface area contributed by atoms with Crippen molar-refractivity contribution < 1.29 is 0 Å². The zero-order chi connectivity index (χ0) is 12.8. The molecule has 3 heteroatoms. The van der Waals surface area contributed by atoms with E-state index in [1.807, 2.05) is 0 Å². The fourth-order valence-corrected chi connectivity index (χ4v) is 3.52. The van der Waals surface area contributed by atoms with Crippen LogP contribution in [0.25, 0.3) is 0 Å². The summed E-state index contributed by atoms with van der Waals surface area (Å²) in [7, 11) is 0. The van der Waals surface area contributed by atoms with Gasteiger partial charge in [-0.15, -0.1) is 0 Å². The van der Waals surface area contributed by atoms with Crippen molar-refractivity contribution in [2.45, 2.75) is 32.7 Å². The van der Waals surface area contributed by atoms with Crippen LogP contribution in [0.5, 0.6) is 0 Å². The van der Waals surface area contributed by atoms with Gasteiger partial charge in [0, 0.05) is 36.3 Å². The lowest BCUT2D eigenvalue weighted by atomic mass is 10.1. The van der Waals surface area contributed by atoms with Crippen LogP contribution in [-0.2, 0) is 0 Å². The molecule has 1 aromatic rings. The number of thioether (sulfide) groups is 1. The van der Waals surface area contributed by atoms with E-state index in [0.29, 0.717) is 6.04 Å². The monoisotopic (exact) mass is 264 g/mol. The third-order valence-electron chi connectivity index (χ3n) is 3.53. The van der Waals surface area contributed by atoms with Gasteiger partial charge in [0.1, 0.15) is 0 Å². The van der Waals surface area contributed by atoms with E-state index >= 15 is 0 Å². The molecule has 1 aromatic carbocycles. The zero-order valence-corrected chi connectivity index (χ0v) is 12.3. The molecule has 0 aromatic heterocycles. The molecule has 1 unspecified atom stereocenters. The first kappa shape index (κ1) is 13.6. The SMILES string of the molecule is CCN(CC)c1ccc(NC2CCCSC2)cc1. The van der Waals surface area contributed by atoms with Gasteiger partial charge in [-0.3, -0.25) is 0 Å². The average Bonchev–Trinajstić information content (AvgIpc) is 2.43. The normalized spacial score (nSPS) is 19.6. The Morgan fingerprint density at radius 3 is 2.50 bits per heavy atom. The third kappa shape index (κ3) is 3.58. The highest BCUT2D eigenvalue weighted by Gasteiger charge is 2.13. The van der Waals surface area contributed by atoms with Crippen LogP contribution in [0.3, 0.4) is 0 Å². The van der Waals surface area contributed by atoms with Crippen molar-refractivity contribution in [3.05, 3.63) is 24.3 Å². The Balaban J connectivity index is 1.94. The van der Waals surface area contributed by atoms with Crippen LogP contribution in [0.4, 0.5) is 11.4 Å². The molecule has 1 saturated heterocycles. The number of nitrogens with one attached hydrogen (secondary N) is 1. The first-order valence-corrected chi connectivity index (χ1v) is 8.18. The van der Waals surface area contributed by atoms with Gasteiger partial charge in [0.15, 0.2) is 0 Å². The van der Waals surface area contributed by atoms with Crippen LogP contribution >= 0.6 is 11.8 Å². The molecule has 0 radical (unpaired) electrons. The lowest BCUT2D eigenvalue weighted by molar-refractivity contribution is 0.685. The van der Waals surface area contributed by atoms with Crippen molar-refractivity contribution in [3.63, 3.8) is 0 Å². The first-order chi connectivity index (χ1) is 8.83. The van der Waals surface area contributed by atoms with Crippen molar-refractivity contribution in [1.29, 1.82) is 0 Å². The van der Waals surface area contributed by atoms with Crippen LogP contribution in [0.2, 0.25) is 0 Å². The summed E-state index contributed by atoms with van der Waals surface area (Å²) < 4.78 is 0. The van der Waals surface area contributed by atoms with E-state index in [1.165, 1.54) is 35.7 Å². The van der Waals surface area contributed by atoms with Gasteiger partial charge < -0.3 is 10.2 Å². The molecular weight excluding hydrogens is 240 g/mol. The second-order valence-electron chi connectivity index (χ2n) is 4.78. The predicted molar refractivity (Wildman–Crippen MR) is 84.0 cm³/mol. The molecule has 2 nitrogen and oxygen atoms in total. The Morgan fingerprint density at radius 2 is 1.94 bits per heavy atom. The minimum atomic E-state index is 0.656. The van der Waals surface area contributed by atoms with E-state index in [0.717, 1.165) is 13.1 Å². The highest BCUT2D eigenvalue weighted by atomic mass is 32.2. The topological polar surface area (TPSA) is 15.3 Å². The molecule has 1 N–H and O–H groups in total. The van der Waals surface area contributed by atoms with Crippen LogP contribution in [0, 0.1) is 0 Å². The summed E-state index contributed by atoms with van der Waals surface area (Å²) >= 11 is 2.07. The number of anilines is 2. The highest BCUT2D eigenvalue weighted by molar-refractivity contribution is 7.99. The summed E-state index contributed by atoms with van der Waals surface area (Å²) in [6.45, 7) is 6.55. The molecule has 1 aliphatic rings. The molecule has 1 heterocycles. The lowest BCUT2D eigenvalue weighted by Gasteiger charge is -2.25. The molecule has 1 fully saturated rings. The van der Waals surface area contributed by atoms with Gasteiger partial charge in [-0.1, -0.05) is 0 Å². The number of benzene rings is 1. The van der Waals surface area contributed by atoms with E-state index in [9.17, 15) is 0 Å². The average molecular weight is 264 g/mol. The summed E-state index contributed by atoms with van der Waals surface area (Å²) in [5.74, 6) is 2.58. The molecule has 0 saturated carbocycles. The Hall–Kier alpha value is -0.830. The van der Waals surface area contributed by atoms with Crippen molar-refractivity contribution >= 4 is 23.1 Å². The molecule has 0 aliphatic carbocycles. The van der Waals surface area contributed by atoms with Crippen molar-refractivity contribution in [2.75, 3.05) is 34.8 Å². The summed E-state index contributed by atoms with van der Waals surface area (Å²) in [5.41, 5.74) is 2.59. The minimum Gasteiger partial charge on any atom is -0.381 e. The Morgan fingerprint density at radius 1 is 1.22 bits per heavy atom. The molecule has 0 spiro atoms. The summed E-state index contributed by atoms with van der Waals surface area (Å²) in [6.07, 6.45) is 2.66. The van der Waals surface area contributed by atoms with Gasteiger partial charge in [-0.05, 0) is 56.7 Å². The van der Waals surface area contributed by atoms with Crippen molar-refractivity contribution in [3.8, 4) is 0 Å². The molecule has 0 bridgehead atoms. The number of hydrogen-bond acceptors (Lipinski definition) is 3. The fraction of sp³-hybridized carbons (Fsp3) is 0.600. The van der Waals surface area contributed by atoms with Crippen LogP contribution in [-0.4, -0.2) is 30.6 Å². The summed E-state index contributed by atoms with van der Waals surface area (Å²) in [4.78, 5) is 2.38. The largest absolute Gasteiger partial charge is 0.381 e. The summed E-state index contributed by atoms with van der Waals surface area (Å²) in [5, 5.41) is 3.64. The molecule has 1 atom stereocenters. The maximum atomic E-state index is 3.64. The molecular formula is C15H24N2S. The van der Waals surface area contributed by atoms with Gasteiger partial charge >= 0.3 is 0 Å². The van der Waals surface area contributed by atoms with Crippen LogP contribution in [0.15, 0.2) is 24.3 Å². The van der Waals surface area contributed by atoms with E-state index < -0.39 is 0 Å². The Bertz CT molecular complexity index is 340. The number of rotatable bonds is 5. The van der Waals surface area contributed by atoms with Crippen molar-refractivity contribution in [2.24, 2.45) is 0 Å². The molecule has 18 heavy (non-hydrogen) atoms. The second-order valence-corrected chi connectivity index (χ2v) is 5.93. The van der Waals surface area contributed by atoms with Crippen LogP contribution < -0.4 is 10.2 Å². The Kier molecular flexibility index (Phi) is 5.24. The number of nitrogens with zero attached hydrogens (tertiary/aromatic N) is 1. The molecule has 0 amide bonds. The van der Waals surface area contributed by atoms with Crippen LogP contribution in [0.1, 0.15) is 26.7 Å². The third-order valence-corrected chi connectivity index (χ3v) is 4.74. The second kappa shape index (κ2) is 6.93. The number of hydrogen-bond donors (Lipinski definition) is 1. The van der Waals surface area contributed by atoms with Gasteiger partial charge in [-0.25, -0.2) is 0 Å². The van der Waals surface area contributed by atoms with E-state index in [-0.39, 0.29) is 0 Å². The Labute approximate surface area is 115 Å². The van der Waals surface area contributed by atoms with Gasteiger partial charge in [0.05, 0.1) is 0 Å². The molecule has 100 valence electrons. The predicted octanol–water partition coefficient (Wildman–Crippen LogP) is 3.84. The summed E-state index contributed by atoms with van der Waals surface area (Å²) in [6, 6.07) is 9.54. The standard InChI is InChI=1S/C15H24N2S/c1-3-17(4-2)15-9-7-13(8-10-15)16-14-6-5-11-18-12-14/h7-10,14,16H,3-6,11-12H2,1-2H3. The van der Waals surface area contributed by atoms with Crippen molar-refractivity contribution in [1.82, 2.24) is 0 Å². The van der Waals surface area contributed by atoms with Gasteiger partial charge in [-0.2, -0.15) is 11.8 Å². The fourth-order valence-electron chi connectivity index (χ4n) is 2.45. The maximum Gasteiger partial charge on any atom is 0.0367 e. The first-order valence-electron chi connectivity index (χ1n) is 7.02. The van der Waals surface area contributed by atoms with E-state index in [4.69, 9.17) is 0 Å². The maximum absolute atomic E-state index is 3.64. The van der Waals surface area contributed by atoms with E-state index in [2.05, 4.69) is 60.1 Å². The zero-order valence-electron chi connectivity index (χ0n) is 11.5. The van der Waals surface area contributed by atoms with Gasteiger partial charge in [0.25, 0.3) is 0 Å². The van der Waals surface area contributed by atoms with E-state index in [1.54, 1.807) is 0 Å².